The van der Waals surface area contributed by atoms with E-state index in [1.807, 2.05) is 6.92 Å². The third kappa shape index (κ3) is 2.24. The largest absolute Gasteiger partial charge is 0.480 e. The number of fused-ring (bicyclic) bond motifs is 1. The van der Waals surface area contributed by atoms with Crippen molar-refractivity contribution in [1.82, 2.24) is 9.13 Å². The van der Waals surface area contributed by atoms with Gasteiger partial charge in [0.25, 0.3) is 5.56 Å². The first-order valence-electron chi connectivity index (χ1n) is 6.43. The Kier molecular flexibility index (Phi) is 3.74. The van der Waals surface area contributed by atoms with Crippen molar-refractivity contribution in [3.05, 3.63) is 45.1 Å². The Morgan fingerprint density at radius 2 is 1.95 bits per heavy atom. The lowest BCUT2D eigenvalue weighted by Crippen LogP contribution is -2.42. The number of carboxylic acid groups (broad SMARTS) is 1. The van der Waals surface area contributed by atoms with E-state index in [-0.39, 0.29) is 11.6 Å². The van der Waals surface area contributed by atoms with Crippen LogP contribution >= 0.6 is 0 Å². The highest BCUT2D eigenvalue weighted by Crippen LogP contribution is 2.10. The quantitative estimate of drug-likeness (QED) is 0.910. The van der Waals surface area contributed by atoms with E-state index < -0.39 is 18.2 Å². The summed E-state index contributed by atoms with van der Waals surface area (Å²) in [5.41, 5.74) is -0.600. The van der Waals surface area contributed by atoms with E-state index in [4.69, 9.17) is 5.11 Å². The molecule has 0 aliphatic carbocycles. The van der Waals surface area contributed by atoms with Crippen molar-refractivity contribution >= 4 is 16.9 Å². The first kappa shape index (κ1) is 14.0. The topological polar surface area (TPSA) is 81.3 Å². The van der Waals surface area contributed by atoms with Crippen molar-refractivity contribution in [3.63, 3.8) is 0 Å². The standard InChI is InChI=1S/C14H16N2O4/c1-3-9(2)16-13(19)10-6-4-5-7-11(10)15(14(16)20)8-12(17)18/h4-7,9H,3,8H2,1-2H3,(H,17,18). The molecule has 1 N–H and O–H groups in total. The van der Waals surface area contributed by atoms with Gasteiger partial charge >= 0.3 is 11.7 Å². The summed E-state index contributed by atoms with van der Waals surface area (Å²) in [6.45, 7) is 3.17. The van der Waals surface area contributed by atoms with Gasteiger partial charge in [-0.05, 0) is 25.5 Å². The Labute approximate surface area is 114 Å². The zero-order valence-electron chi connectivity index (χ0n) is 11.4. The Bertz CT molecular complexity index is 773. The summed E-state index contributed by atoms with van der Waals surface area (Å²) in [6.07, 6.45) is 0.612. The molecule has 20 heavy (non-hydrogen) atoms. The second-order valence-corrected chi connectivity index (χ2v) is 4.71. The molecule has 0 saturated carbocycles. The van der Waals surface area contributed by atoms with Crippen LogP contribution in [0, 0.1) is 0 Å². The molecule has 0 aliphatic rings. The molecule has 0 fully saturated rings. The highest BCUT2D eigenvalue weighted by atomic mass is 16.4. The second-order valence-electron chi connectivity index (χ2n) is 4.71. The van der Waals surface area contributed by atoms with E-state index in [0.29, 0.717) is 17.3 Å². The van der Waals surface area contributed by atoms with Crippen LogP contribution in [0.15, 0.2) is 33.9 Å². The molecule has 2 aromatic rings. The van der Waals surface area contributed by atoms with Gasteiger partial charge in [-0.1, -0.05) is 19.1 Å². The van der Waals surface area contributed by atoms with E-state index in [0.717, 1.165) is 9.13 Å². The van der Waals surface area contributed by atoms with Crippen molar-refractivity contribution < 1.29 is 9.90 Å². The Morgan fingerprint density at radius 3 is 2.55 bits per heavy atom. The number of carbonyl (C=O) groups is 1. The number of benzene rings is 1. The van der Waals surface area contributed by atoms with Gasteiger partial charge in [0.2, 0.25) is 0 Å². The van der Waals surface area contributed by atoms with Crippen molar-refractivity contribution in [2.24, 2.45) is 0 Å². The molecular formula is C14H16N2O4. The summed E-state index contributed by atoms with van der Waals surface area (Å²) in [7, 11) is 0. The summed E-state index contributed by atoms with van der Waals surface area (Å²) in [5, 5.41) is 9.31. The number of para-hydroxylation sites is 1. The molecule has 0 aliphatic heterocycles. The van der Waals surface area contributed by atoms with Crippen molar-refractivity contribution in [3.8, 4) is 0 Å². The minimum atomic E-state index is -1.12. The van der Waals surface area contributed by atoms with E-state index in [1.165, 1.54) is 0 Å². The molecule has 1 heterocycles. The lowest BCUT2D eigenvalue weighted by atomic mass is 10.2. The van der Waals surface area contributed by atoms with Gasteiger partial charge in [-0.25, -0.2) is 4.79 Å². The highest BCUT2D eigenvalue weighted by Gasteiger charge is 2.17. The molecule has 6 nitrogen and oxygen atoms in total. The molecule has 2 rings (SSSR count). The fourth-order valence-electron chi connectivity index (χ4n) is 2.20. The Hall–Kier alpha value is -2.37. The summed E-state index contributed by atoms with van der Waals surface area (Å²) >= 11 is 0. The van der Waals surface area contributed by atoms with Crippen LogP contribution in [0.25, 0.3) is 10.9 Å². The maximum atomic E-state index is 12.4. The molecule has 106 valence electrons. The summed E-state index contributed by atoms with van der Waals surface area (Å²) in [5.74, 6) is -1.12. The van der Waals surface area contributed by atoms with Crippen LogP contribution < -0.4 is 11.2 Å². The maximum absolute atomic E-state index is 12.4. The van der Waals surface area contributed by atoms with Gasteiger partial charge in [-0.2, -0.15) is 0 Å². The number of hydrogen-bond acceptors (Lipinski definition) is 3. The average Bonchev–Trinajstić information content (AvgIpc) is 2.43. The van der Waals surface area contributed by atoms with Gasteiger partial charge < -0.3 is 5.11 Å². The van der Waals surface area contributed by atoms with Gasteiger partial charge in [-0.3, -0.25) is 18.7 Å². The molecule has 1 atom stereocenters. The Morgan fingerprint density at radius 1 is 1.30 bits per heavy atom. The molecule has 0 radical (unpaired) electrons. The molecule has 0 spiro atoms. The molecule has 0 amide bonds. The number of aliphatic carboxylic acids is 1. The van der Waals surface area contributed by atoms with Crippen molar-refractivity contribution in [2.75, 3.05) is 0 Å². The van der Waals surface area contributed by atoms with E-state index >= 15 is 0 Å². The highest BCUT2D eigenvalue weighted by molar-refractivity contribution is 5.79. The van der Waals surface area contributed by atoms with Crippen LogP contribution in [-0.4, -0.2) is 20.2 Å². The normalized spacial score (nSPS) is 12.5. The summed E-state index contributed by atoms with van der Waals surface area (Å²) < 4.78 is 2.26. The van der Waals surface area contributed by atoms with Crippen LogP contribution in [0.1, 0.15) is 26.3 Å². The second kappa shape index (κ2) is 5.32. The first-order valence-corrected chi connectivity index (χ1v) is 6.43. The smallest absolute Gasteiger partial charge is 0.332 e. The monoisotopic (exact) mass is 276 g/mol. The lowest BCUT2D eigenvalue weighted by molar-refractivity contribution is -0.137. The number of aromatic nitrogens is 2. The SMILES string of the molecule is CCC(C)n1c(=O)c2ccccc2n(CC(=O)O)c1=O. The lowest BCUT2D eigenvalue weighted by Gasteiger charge is -2.16. The maximum Gasteiger partial charge on any atom is 0.332 e. The van der Waals surface area contributed by atoms with Crippen molar-refractivity contribution in [1.29, 1.82) is 0 Å². The minimum Gasteiger partial charge on any atom is -0.480 e. The third-order valence-corrected chi connectivity index (χ3v) is 3.41. The molecule has 1 aromatic heterocycles. The van der Waals surface area contributed by atoms with E-state index in [1.54, 1.807) is 31.2 Å². The fourth-order valence-corrected chi connectivity index (χ4v) is 2.20. The fraction of sp³-hybridized carbons (Fsp3) is 0.357. The number of nitrogens with zero attached hydrogens (tertiary/aromatic N) is 2. The van der Waals surface area contributed by atoms with Crippen LogP contribution in [0.3, 0.4) is 0 Å². The van der Waals surface area contributed by atoms with Gasteiger partial charge in [-0.15, -0.1) is 0 Å². The van der Waals surface area contributed by atoms with Crippen molar-refractivity contribution in [2.45, 2.75) is 32.9 Å². The van der Waals surface area contributed by atoms with Gasteiger partial charge in [0.1, 0.15) is 6.54 Å². The van der Waals surface area contributed by atoms with E-state index in [2.05, 4.69) is 0 Å². The number of rotatable bonds is 4. The van der Waals surface area contributed by atoms with Gasteiger partial charge in [0.15, 0.2) is 0 Å². The van der Waals surface area contributed by atoms with Gasteiger partial charge in [0, 0.05) is 6.04 Å². The van der Waals surface area contributed by atoms with Crippen LogP contribution in [-0.2, 0) is 11.3 Å². The summed E-state index contributed by atoms with van der Waals surface area (Å²) in [6, 6.07) is 6.28. The third-order valence-electron chi connectivity index (χ3n) is 3.41. The van der Waals surface area contributed by atoms with Crippen LogP contribution in [0.4, 0.5) is 0 Å². The molecular weight excluding hydrogens is 260 g/mol. The van der Waals surface area contributed by atoms with E-state index in [9.17, 15) is 14.4 Å². The molecule has 6 heteroatoms. The Balaban J connectivity index is 2.92. The number of hydrogen-bond donors (Lipinski definition) is 1. The zero-order chi connectivity index (χ0) is 14.9. The molecule has 1 aromatic carbocycles. The minimum absolute atomic E-state index is 0.278. The first-order chi connectivity index (χ1) is 9.47. The molecule has 1 unspecified atom stereocenters. The van der Waals surface area contributed by atoms with Crippen LogP contribution in [0.2, 0.25) is 0 Å². The molecule has 0 bridgehead atoms. The predicted molar refractivity (Wildman–Crippen MR) is 75.1 cm³/mol. The predicted octanol–water partition coefficient (Wildman–Crippen LogP) is 1.22. The van der Waals surface area contributed by atoms with Crippen LogP contribution in [0.5, 0.6) is 0 Å². The molecule has 0 saturated heterocycles. The zero-order valence-corrected chi connectivity index (χ0v) is 11.4. The van der Waals surface area contributed by atoms with Gasteiger partial charge in [0.05, 0.1) is 10.9 Å². The number of carboxylic acids is 1. The summed E-state index contributed by atoms with van der Waals surface area (Å²) in [4.78, 5) is 35.7. The average molecular weight is 276 g/mol.